The summed E-state index contributed by atoms with van der Waals surface area (Å²) < 4.78 is 0. The molecule has 3 rings (SSSR count). The Morgan fingerprint density at radius 2 is 1.81 bits per heavy atom. The maximum absolute atomic E-state index is 12.0. The van der Waals surface area contributed by atoms with Crippen LogP contribution < -0.4 is 5.43 Å². The summed E-state index contributed by atoms with van der Waals surface area (Å²) in [5.41, 5.74) is 5.49. The van der Waals surface area contributed by atoms with Crippen LogP contribution in [-0.2, 0) is 0 Å². The smallest absolute Gasteiger partial charge is 0.271 e. The fourth-order valence-electron chi connectivity index (χ4n) is 2.23. The van der Waals surface area contributed by atoms with E-state index in [2.05, 4.69) is 15.5 Å². The molecule has 2 N–H and O–H groups in total. The van der Waals surface area contributed by atoms with E-state index in [0.717, 1.165) is 16.8 Å². The second-order valence-electron chi connectivity index (χ2n) is 5.62. The van der Waals surface area contributed by atoms with Gasteiger partial charge in [0.2, 0.25) is 0 Å². The molecule has 0 saturated carbocycles. The van der Waals surface area contributed by atoms with Crippen molar-refractivity contribution in [2.45, 2.75) is 0 Å². The summed E-state index contributed by atoms with van der Waals surface area (Å²) in [5, 5.41) is 13.4. The molecule has 0 radical (unpaired) electrons. The van der Waals surface area contributed by atoms with Gasteiger partial charge in [0.25, 0.3) is 5.91 Å². The van der Waals surface area contributed by atoms with Crippen molar-refractivity contribution in [1.82, 2.24) is 10.4 Å². The van der Waals surface area contributed by atoms with Crippen LogP contribution >= 0.6 is 11.6 Å². The molecule has 0 spiro atoms. The molecule has 0 unspecified atom stereocenters. The third-order valence-corrected chi connectivity index (χ3v) is 3.96. The van der Waals surface area contributed by atoms with Crippen LogP contribution in [0.2, 0.25) is 5.02 Å². The number of aromatic nitrogens is 1. The molecule has 3 aromatic rings. The van der Waals surface area contributed by atoms with Crippen molar-refractivity contribution >= 4 is 35.9 Å². The van der Waals surface area contributed by atoms with Gasteiger partial charge in [0, 0.05) is 11.8 Å². The molecular formula is C21H16ClN3O2. The van der Waals surface area contributed by atoms with Gasteiger partial charge in [-0.2, -0.15) is 5.10 Å². The fraction of sp³-hybridized carbons (Fsp3) is 0. The third kappa shape index (κ3) is 5.26. The molecular weight excluding hydrogens is 362 g/mol. The summed E-state index contributed by atoms with van der Waals surface area (Å²) in [7, 11) is 0. The highest BCUT2D eigenvalue weighted by atomic mass is 35.5. The number of benzene rings is 2. The highest BCUT2D eigenvalue weighted by Gasteiger charge is 2.07. The molecule has 0 aliphatic heterocycles. The molecule has 1 amide bonds. The minimum atomic E-state index is -0.414. The Morgan fingerprint density at radius 3 is 2.52 bits per heavy atom. The van der Waals surface area contributed by atoms with Crippen LogP contribution in [0.15, 0.2) is 72.0 Å². The standard InChI is InChI=1S/C21H16ClN3O2/c22-19-13-17(9-11-20(19)26)21(27)25-24-14-16-6-4-15(5-7-16)8-10-18-3-1-2-12-23-18/h1-14,26H,(H,25,27)/b10-8+,24-14+. The summed E-state index contributed by atoms with van der Waals surface area (Å²) in [6.07, 6.45) is 7.21. The lowest BCUT2D eigenvalue weighted by Gasteiger charge is -2.02. The number of aromatic hydroxyl groups is 1. The molecule has 0 fully saturated rings. The lowest BCUT2D eigenvalue weighted by atomic mass is 10.1. The van der Waals surface area contributed by atoms with Crippen LogP contribution in [-0.4, -0.2) is 22.2 Å². The Balaban J connectivity index is 1.58. The van der Waals surface area contributed by atoms with Gasteiger partial charge in [-0.25, -0.2) is 5.43 Å². The Morgan fingerprint density at radius 1 is 1.04 bits per heavy atom. The van der Waals surface area contributed by atoms with Gasteiger partial charge in [0.05, 0.1) is 16.9 Å². The quantitative estimate of drug-likeness (QED) is 0.512. The Bertz CT molecular complexity index is 984. The molecule has 0 aliphatic carbocycles. The van der Waals surface area contributed by atoms with Gasteiger partial charge in [-0.1, -0.05) is 48.0 Å². The normalized spacial score (nSPS) is 11.1. The van der Waals surface area contributed by atoms with Crippen LogP contribution in [0.25, 0.3) is 12.2 Å². The SMILES string of the molecule is O=C(N/N=C/c1ccc(/C=C/c2ccccn2)cc1)c1ccc(O)c(Cl)c1. The number of hydrogen-bond acceptors (Lipinski definition) is 4. The van der Waals surface area contributed by atoms with Gasteiger partial charge in [-0.15, -0.1) is 0 Å². The molecule has 0 bridgehead atoms. The van der Waals surface area contributed by atoms with Crippen LogP contribution in [0.1, 0.15) is 27.2 Å². The molecule has 6 heteroatoms. The van der Waals surface area contributed by atoms with Crippen LogP contribution in [0.3, 0.4) is 0 Å². The zero-order valence-corrected chi connectivity index (χ0v) is 15.0. The van der Waals surface area contributed by atoms with Gasteiger partial charge < -0.3 is 5.11 Å². The van der Waals surface area contributed by atoms with Gasteiger partial charge in [-0.3, -0.25) is 9.78 Å². The number of carbonyl (C=O) groups excluding carboxylic acids is 1. The maximum Gasteiger partial charge on any atom is 0.271 e. The van der Waals surface area contributed by atoms with Crippen molar-refractivity contribution in [1.29, 1.82) is 0 Å². The zero-order valence-electron chi connectivity index (χ0n) is 14.2. The van der Waals surface area contributed by atoms with Crippen molar-refractivity contribution in [2.75, 3.05) is 0 Å². The van der Waals surface area contributed by atoms with Crippen molar-refractivity contribution in [3.8, 4) is 5.75 Å². The number of rotatable bonds is 5. The first kappa shape index (κ1) is 18.4. The molecule has 0 saturated heterocycles. The van der Waals surface area contributed by atoms with Gasteiger partial charge in [0.1, 0.15) is 5.75 Å². The number of halogens is 1. The predicted octanol–water partition coefficient (Wildman–Crippen LogP) is 4.37. The van der Waals surface area contributed by atoms with E-state index >= 15 is 0 Å². The molecule has 1 aromatic heterocycles. The summed E-state index contributed by atoms with van der Waals surface area (Å²) in [5.74, 6) is -0.489. The number of phenolic OH excluding ortho intramolecular Hbond substituents is 1. The first-order valence-electron chi connectivity index (χ1n) is 8.13. The minimum absolute atomic E-state index is 0.0751. The van der Waals surface area contributed by atoms with E-state index in [1.54, 1.807) is 12.4 Å². The average Bonchev–Trinajstić information content (AvgIpc) is 2.70. The summed E-state index contributed by atoms with van der Waals surface area (Å²) in [4.78, 5) is 16.2. The largest absolute Gasteiger partial charge is 0.506 e. The highest BCUT2D eigenvalue weighted by molar-refractivity contribution is 6.32. The number of nitrogens with one attached hydrogen (secondary N) is 1. The van der Waals surface area contributed by atoms with Crippen molar-refractivity contribution in [2.24, 2.45) is 5.10 Å². The minimum Gasteiger partial charge on any atom is -0.506 e. The molecule has 5 nitrogen and oxygen atoms in total. The Kier molecular flexibility index (Phi) is 5.97. The fourth-order valence-corrected chi connectivity index (χ4v) is 2.41. The Labute approximate surface area is 161 Å². The molecule has 134 valence electrons. The third-order valence-electron chi connectivity index (χ3n) is 3.66. The van der Waals surface area contributed by atoms with Gasteiger partial charge >= 0.3 is 0 Å². The van der Waals surface area contributed by atoms with E-state index in [9.17, 15) is 9.90 Å². The monoisotopic (exact) mass is 377 g/mol. The van der Waals surface area contributed by atoms with E-state index < -0.39 is 5.91 Å². The lowest BCUT2D eigenvalue weighted by Crippen LogP contribution is -2.17. The molecule has 2 aromatic carbocycles. The molecule has 27 heavy (non-hydrogen) atoms. The predicted molar refractivity (Wildman–Crippen MR) is 108 cm³/mol. The number of nitrogens with zero attached hydrogens (tertiary/aromatic N) is 2. The van der Waals surface area contributed by atoms with Crippen molar-refractivity contribution in [3.63, 3.8) is 0 Å². The maximum atomic E-state index is 12.0. The van der Waals surface area contributed by atoms with Crippen LogP contribution in [0.4, 0.5) is 0 Å². The van der Waals surface area contributed by atoms with E-state index in [1.807, 2.05) is 54.6 Å². The second kappa shape index (κ2) is 8.78. The lowest BCUT2D eigenvalue weighted by molar-refractivity contribution is 0.0955. The second-order valence-corrected chi connectivity index (χ2v) is 6.03. The van der Waals surface area contributed by atoms with Crippen molar-refractivity contribution < 1.29 is 9.90 Å². The van der Waals surface area contributed by atoms with E-state index in [-0.39, 0.29) is 10.8 Å². The molecule has 0 atom stereocenters. The van der Waals surface area contributed by atoms with E-state index in [4.69, 9.17) is 11.6 Å². The number of hydrogen-bond donors (Lipinski definition) is 2. The highest BCUT2D eigenvalue weighted by Crippen LogP contribution is 2.23. The average molecular weight is 378 g/mol. The summed E-state index contributed by atoms with van der Waals surface area (Å²) >= 11 is 5.79. The van der Waals surface area contributed by atoms with Crippen molar-refractivity contribution in [3.05, 3.63) is 94.3 Å². The number of amides is 1. The van der Waals surface area contributed by atoms with Crippen LogP contribution in [0, 0.1) is 0 Å². The summed E-state index contributed by atoms with van der Waals surface area (Å²) in [6, 6.07) is 17.6. The summed E-state index contributed by atoms with van der Waals surface area (Å²) in [6.45, 7) is 0. The first-order chi connectivity index (χ1) is 13.1. The van der Waals surface area contributed by atoms with Gasteiger partial charge in [0.15, 0.2) is 0 Å². The number of phenols is 1. The number of hydrazone groups is 1. The number of pyridine rings is 1. The van der Waals surface area contributed by atoms with E-state index in [0.29, 0.717) is 5.56 Å². The van der Waals surface area contributed by atoms with Crippen LogP contribution in [0.5, 0.6) is 5.75 Å². The number of carbonyl (C=O) groups is 1. The molecule has 0 aliphatic rings. The topological polar surface area (TPSA) is 74.6 Å². The first-order valence-corrected chi connectivity index (χ1v) is 8.51. The van der Waals surface area contributed by atoms with E-state index in [1.165, 1.54) is 18.2 Å². The van der Waals surface area contributed by atoms with Gasteiger partial charge in [-0.05, 0) is 47.5 Å². The zero-order chi connectivity index (χ0) is 19.1. The molecule has 1 heterocycles. The Hall–Kier alpha value is -3.44.